The second-order valence-electron chi connectivity index (χ2n) is 5.83. The summed E-state index contributed by atoms with van der Waals surface area (Å²) >= 11 is 0. The SMILES string of the molecule is COc1cccc(C(=O)N2CCC(C)(C)C(N)C2)c1. The van der Waals surface area contributed by atoms with Gasteiger partial charge in [-0.2, -0.15) is 0 Å². The molecule has 1 unspecified atom stereocenters. The minimum atomic E-state index is 0.0239. The Bertz CT molecular complexity index is 471. The summed E-state index contributed by atoms with van der Waals surface area (Å²) in [6, 6.07) is 7.28. The van der Waals surface area contributed by atoms with Crippen molar-refractivity contribution < 1.29 is 9.53 Å². The van der Waals surface area contributed by atoms with Crippen LogP contribution in [0.25, 0.3) is 0 Å². The molecule has 2 rings (SSSR count). The van der Waals surface area contributed by atoms with Crippen LogP contribution in [-0.4, -0.2) is 37.0 Å². The zero-order valence-electron chi connectivity index (χ0n) is 11.8. The first-order chi connectivity index (χ1) is 8.94. The molecular formula is C15H22N2O2. The van der Waals surface area contributed by atoms with Gasteiger partial charge >= 0.3 is 0 Å². The number of nitrogens with two attached hydrogens (primary N) is 1. The molecule has 1 amide bonds. The largest absolute Gasteiger partial charge is 0.497 e. The molecule has 0 saturated carbocycles. The van der Waals surface area contributed by atoms with Crippen LogP contribution >= 0.6 is 0 Å². The van der Waals surface area contributed by atoms with Gasteiger partial charge in [-0.25, -0.2) is 0 Å². The molecule has 1 fully saturated rings. The summed E-state index contributed by atoms with van der Waals surface area (Å²) in [5, 5.41) is 0. The van der Waals surface area contributed by atoms with E-state index in [1.54, 1.807) is 13.2 Å². The molecule has 19 heavy (non-hydrogen) atoms. The average molecular weight is 262 g/mol. The van der Waals surface area contributed by atoms with Crippen molar-refractivity contribution in [2.45, 2.75) is 26.3 Å². The molecule has 0 spiro atoms. The fourth-order valence-electron chi connectivity index (χ4n) is 2.31. The monoisotopic (exact) mass is 262 g/mol. The third-order valence-electron chi connectivity index (χ3n) is 4.05. The molecule has 4 nitrogen and oxygen atoms in total. The van der Waals surface area contributed by atoms with Crippen LogP contribution in [0, 0.1) is 5.41 Å². The molecular weight excluding hydrogens is 240 g/mol. The van der Waals surface area contributed by atoms with Gasteiger partial charge in [-0.1, -0.05) is 19.9 Å². The minimum absolute atomic E-state index is 0.0239. The van der Waals surface area contributed by atoms with Crippen molar-refractivity contribution in [2.24, 2.45) is 11.1 Å². The number of ether oxygens (including phenoxy) is 1. The Labute approximate surface area is 114 Å². The van der Waals surface area contributed by atoms with Crippen molar-refractivity contribution >= 4 is 5.91 Å². The van der Waals surface area contributed by atoms with Crippen LogP contribution in [0.5, 0.6) is 5.75 Å². The lowest BCUT2D eigenvalue weighted by Gasteiger charge is -2.42. The van der Waals surface area contributed by atoms with Crippen molar-refractivity contribution in [3.8, 4) is 5.75 Å². The van der Waals surface area contributed by atoms with Gasteiger partial charge in [0.25, 0.3) is 5.91 Å². The summed E-state index contributed by atoms with van der Waals surface area (Å²) < 4.78 is 5.15. The van der Waals surface area contributed by atoms with Crippen LogP contribution < -0.4 is 10.5 Å². The van der Waals surface area contributed by atoms with E-state index in [0.29, 0.717) is 17.9 Å². The molecule has 0 aromatic heterocycles. The van der Waals surface area contributed by atoms with Crippen LogP contribution in [0.15, 0.2) is 24.3 Å². The highest BCUT2D eigenvalue weighted by atomic mass is 16.5. The standard InChI is InChI=1S/C15H22N2O2/c1-15(2)7-8-17(10-13(15)16)14(18)11-5-4-6-12(9-11)19-3/h4-6,9,13H,7-8,10,16H2,1-3H3. The quantitative estimate of drug-likeness (QED) is 0.885. The summed E-state index contributed by atoms with van der Waals surface area (Å²) in [5.41, 5.74) is 6.92. The third-order valence-corrected chi connectivity index (χ3v) is 4.05. The number of likely N-dealkylation sites (tertiary alicyclic amines) is 1. The van der Waals surface area contributed by atoms with Gasteiger partial charge in [0.15, 0.2) is 0 Å². The van der Waals surface area contributed by atoms with Gasteiger partial charge in [0.1, 0.15) is 5.75 Å². The lowest BCUT2D eigenvalue weighted by molar-refractivity contribution is 0.0575. The Morgan fingerprint density at radius 2 is 2.21 bits per heavy atom. The summed E-state index contributed by atoms with van der Waals surface area (Å²) in [6.07, 6.45) is 0.934. The van der Waals surface area contributed by atoms with E-state index in [9.17, 15) is 4.79 Å². The highest BCUT2D eigenvalue weighted by Crippen LogP contribution is 2.29. The summed E-state index contributed by atoms with van der Waals surface area (Å²) in [4.78, 5) is 14.3. The van der Waals surface area contributed by atoms with Gasteiger partial charge in [0.05, 0.1) is 7.11 Å². The van der Waals surface area contributed by atoms with Crippen molar-refractivity contribution in [2.75, 3.05) is 20.2 Å². The fourth-order valence-corrected chi connectivity index (χ4v) is 2.31. The number of hydrogen-bond donors (Lipinski definition) is 1. The second-order valence-corrected chi connectivity index (χ2v) is 5.83. The number of methoxy groups -OCH3 is 1. The van der Waals surface area contributed by atoms with E-state index in [1.807, 2.05) is 23.1 Å². The molecule has 1 aromatic carbocycles. The number of amides is 1. The van der Waals surface area contributed by atoms with Gasteiger partial charge in [-0.15, -0.1) is 0 Å². The van der Waals surface area contributed by atoms with Crippen molar-refractivity contribution in [1.29, 1.82) is 0 Å². The molecule has 1 aliphatic heterocycles. The first kappa shape index (κ1) is 13.9. The van der Waals surface area contributed by atoms with Crippen LogP contribution in [0.1, 0.15) is 30.6 Å². The Kier molecular flexibility index (Phi) is 3.80. The van der Waals surface area contributed by atoms with Crippen LogP contribution in [0.3, 0.4) is 0 Å². The summed E-state index contributed by atoms with van der Waals surface area (Å²) in [5.74, 6) is 0.734. The van der Waals surface area contributed by atoms with Gasteiger partial charge in [-0.05, 0) is 30.0 Å². The number of rotatable bonds is 2. The first-order valence-electron chi connectivity index (χ1n) is 6.63. The molecule has 0 radical (unpaired) electrons. The maximum Gasteiger partial charge on any atom is 0.254 e. The molecule has 2 N–H and O–H groups in total. The topological polar surface area (TPSA) is 55.6 Å². The predicted molar refractivity (Wildman–Crippen MR) is 75.3 cm³/mol. The molecule has 1 aliphatic rings. The van der Waals surface area contributed by atoms with Gasteiger partial charge in [-0.3, -0.25) is 4.79 Å². The Balaban J connectivity index is 2.12. The highest BCUT2D eigenvalue weighted by Gasteiger charge is 2.34. The number of hydrogen-bond acceptors (Lipinski definition) is 3. The van der Waals surface area contributed by atoms with Gasteiger partial charge < -0.3 is 15.4 Å². The Morgan fingerprint density at radius 3 is 2.84 bits per heavy atom. The average Bonchev–Trinajstić information content (AvgIpc) is 2.41. The Morgan fingerprint density at radius 1 is 1.47 bits per heavy atom. The maximum absolute atomic E-state index is 12.4. The zero-order chi connectivity index (χ0) is 14.0. The molecule has 1 atom stereocenters. The number of nitrogens with zero attached hydrogens (tertiary/aromatic N) is 1. The summed E-state index contributed by atoms with van der Waals surface area (Å²) in [6.45, 7) is 5.69. The number of carbonyl (C=O) groups excluding carboxylic acids is 1. The zero-order valence-corrected chi connectivity index (χ0v) is 11.8. The second kappa shape index (κ2) is 5.21. The van der Waals surface area contributed by atoms with Gasteiger partial charge in [0, 0.05) is 24.7 Å². The van der Waals surface area contributed by atoms with Crippen molar-refractivity contribution in [1.82, 2.24) is 4.90 Å². The van der Waals surface area contributed by atoms with Crippen LogP contribution in [0.4, 0.5) is 0 Å². The van der Waals surface area contributed by atoms with Crippen LogP contribution in [0.2, 0.25) is 0 Å². The van der Waals surface area contributed by atoms with E-state index in [0.717, 1.165) is 13.0 Å². The minimum Gasteiger partial charge on any atom is -0.497 e. The third kappa shape index (κ3) is 2.89. The van der Waals surface area contributed by atoms with E-state index in [2.05, 4.69) is 13.8 Å². The molecule has 4 heteroatoms. The van der Waals surface area contributed by atoms with E-state index >= 15 is 0 Å². The maximum atomic E-state index is 12.4. The number of benzene rings is 1. The fraction of sp³-hybridized carbons (Fsp3) is 0.533. The lowest BCUT2D eigenvalue weighted by atomic mass is 9.78. The van der Waals surface area contributed by atoms with Crippen molar-refractivity contribution in [3.63, 3.8) is 0 Å². The number of piperidine rings is 1. The Hall–Kier alpha value is -1.55. The van der Waals surface area contributed by atoms with E-state index in [4.69, 9.17) is 10.5 Å². The lowest BCUT2D eigenvalue weighted by Crippen LogP contribution is -2.54. The normalized spacial score (nSPS) is 22.1. The van der Waals surface area contributed by atoms with Crippen molar-refractivity contribution in [3.05, 3.63) is 29.8 Å². The number of carbonyl (C=O) groups is 1. The molecule has 0 aliphatic carbocycles. The molecule has 1 aromatic rings. The smallest absolute Gasteiger partial charge is 0.254 e. The van der Waals surface area contributed by atoms with E-state index in [-0.39, 0.29) is 17.4 Å². The van der Waals surface area contributed by atoms with E-state index < -0.39 is 0 Å². The predicted octanol–water partition coefficient (Wildman–Crippen LogP) is 1.89. The molecule has 1 heterocycles. The summed E-state index contributed by atoms with van der Waals surface area (Å²) in [7, 11) is 1.60. The molecule has 0 bridgehead atoms. The molecule has 1 saturated heterocycles. The first-order valence-corrected chi connectivity index (χ1v) is 6.63. The highest BCUT2D eigenvalue weighted by molar-refractivity contribution is 5.94. The molecule has 104 valence electrons. The van der Waals surface area contributed by atoms with Crippen LogP contribution in [-0.2, 0) is 0 Å². The van der Waals surface area contributed by atoms with Gasteiger partial charge in [0.2, 0.25) is 0 Å². The van der Waals surface area contributed by atoms with E-state index in [1.165, 1.54) is 0 Å².